The molecule has 1 saturated carbocycles. The average molecular weight is 267 g/mol. The van der Waals surface area contributed by atoms with Crippen molar-refractivity contribution in [3.8, 4) is 0 Å². The van der Waals surface area contributed by atoms with Crippen LogP contribution in [0.5, 0.6) is 0 Å². The van der Waals surface area contributed by atoms with Crippen LogP contribution in [0.15, 0.2) is 0 Å². The van der Waals surface area contributed by atoms with Crippen molar-refractivity contribution in [2.75, 3.05) is 13.6 Å². The number of nitrogens with one attached hydrogen (secondary N) is 1. The van der Waals surface area contributed by atoms with Gasteiger partial charge in [0.25, 0.3) is 0 Å². The fraction of sp³-hybridized carbons (Fsp3) is 0.857. The van der Waals surface area contributed by atoms with Gasteiger partial charge in [-0.15, -0.1) is 0 Å². The van der Waals surface area contributed by atoms with Gasteiger partial charge in [-0.25, -0.2) is 0 Å². The third-order valence-corrected chi connectivity index (χ3v) is 4.41. The van der Waals surface area contributed by atoms with Crippen molar-refractivity contribution in [1.29, 1.82) is 0 Å². The van der Waals surface area contributed by atoms with Crippen molar-refractivity contribution >= 4 is 11.8 Å². The molecule has 2 rings (SSSR count). The topological polar surface area (TPSA) is 75.4 Å². The van der Waals surface area contributed by atoms with Gasteiger partial charge in [-0.05, 0) is 38.0 Å². The van der Waals surface area contributed by atoms with E-state index in [1.54, 1.807) is 11.9 Å². The first-order valence-electron chi connectivity index (χ1n) is 7.30. The number of carbonyl (C=O) groups excluding carboxylic acids is 2. The lowest BCUT2D eigenvalue weighted by Crippen LogP contribution is -2.49. The number of likely N-dealkylation sites (N-methyl/N-ethyl adjacent to an activating group) is 1. The van der Waals surface area contributed by atoms with Gasteiger partial charge in [0.1, 0.15) is 6.04 Å². The Balaban J connectivity index is 2.04. The summed E-state index contributed by atoms with van der Waals surface area (Å²) in [5.41, 5.74) is 6.02. The molecule has 0 bridgehead atoms. The fourth-order valence-electron chi connectivity index (χ4n) is 3.56. The summed E-state index contributed by atoms with van der Waals surface area (Å²) in [6, 6.07) is -0.148. The average Bonchev–Trinajstić information content (AvgIpc) is 2.84. The Hall–Kier alpha value is -1.10. The molecule has 2 aliphatic rings. The van der Waals surface area contributed by atoms with Crippen LogP contribution in [-0.2, 0) is 9.59 Å². The molecule has 1 heterocycles. The molecule has 0 aromatic heterocycles. The second-order valence-corrected chi connectivity index (χ2v) is 6.07. The standard InChI is InChI=1S/C14H25N3O2/c1-9-6-10(8-11(15)7-9)14(19)17-5-3-4-12(17)13(18)16-2/h9-12H,3-8,15H2,1-2H3,(H,16,18). The highest BCUT2D eigenvalue weighted by atomic mass is 16.2. The molecule has 5 nitrogen and oxygen atoms in total. The van der Waals surface area contributed by atoms with Gasteiger partial charge in [-0.3, -0.25) is 9.59 Å². The van der Waals surface area contributed by atoms with Gasteiger partial charge in [0, 0.05) is 25.6 Å². The predicted molar refractivity (Wildman–Crippen MR) is 73.3 cm³/mol. The van der Waals surface area contributed by atoms with E-state index in [1.165, 1.54) is 0 Å². The van der Waals surface area contributed by atoms with Crippen LogP contribution in [-0.4, -0.2) is 42.4 Å². The highest BCUT2D eigenvalue weighted by Gasteiger charge is 2.38. The molecule has 19 heavy (non-hydrogen) atoms. The maximum atomic E-state index is 12.6. The Bertz CT molecular complexity index is 349. The van der Waals surface area contributed by atoms with Crippen LogP contribution in [0.4, 0.5) is 0 Å². The molecule has 0 spiro atoms. The third kappa shape index (κ3) is 3.08. The first-order valence-corrected chi connectivity index (χ1v) is 7.30. The van der Waals surface area contributed by atoms with E-state index in [0.29, 0.717) is 12.5 Å². The van der Waals surface area contributed by atoms with Crippen LogP contribution in [0, 0.1) is 11.8 Å². The second kappa shape index (κ2) is 5.90. The summed E-state index contributed by atoms with van der Waals surface area (Å²) < 4.78 is 0. The number of rotatable bonds is 2. The van der Waals surface area contributed by atoms with Crippen molar-refractivity contribution in [2.45, 2.75) is 51.1 Å². The second-order valence-electron chi connectivity index (χ2n) is 6.07. The van der Waals surface area contributed by atoms with Gasteiger partial charge in [-0.2, -0.15) is 0 Å². The number of nitrogens with two attached hydrogens (primary N) is 1. The minimum atomic E-state index is -0.272. The van der Waals surface area contributed by atoms with E-state index in [1.807, 2.05) is 0 Å². The van der Waals surface area contributed by atoms with Gasteiger partial charge >= 0.3 is 0 Å². The smallest absolute Gasteiger partial charge is 0.242 e. The summed E-state index contributed by atoms with van der Waals surface area (Å²) in [6.45, 7) is 2.86. The van der Waals surface area contributed by atoms with E-state index in [9.17, 15) is 9.59 Å². The number of carbonyl (C=O) groups is 2. The summed E-state index contributed by atoms with van der Waals surface area (Å²) in [5, 5.41) is 2.65. The van der Waals surface area contributed by atoms with E-state index in [-0.39, 0.29) is 29.8 Å². The quantitative estimate of drug-likeness (QED) is 0.764. The first-order chi connectivity index (χ1) is 9.02. The van der Waals surface area contributed by atoms with Gasteiger partial charge in [0.15, 0.2) is 0 Å². The lowest BCUT2D eigenvalue weighted by molar-refractivity contribution is -0.142. The van der Waals surface area contributed by atoms with E-state index < -0.39 is 0 Å². The van der Waals surface area contributed by atoms with Crippen molar-refractivity contribution in [3.63, 3.8) is 0 Å². The molecule has 1 aliphatic heterocycles. The van der Waals surface area contributed by atoms with Gasteiger partial charge in [-0.1, -0.05) is 6.92 Å². The highest BCUT2D eigenvalue weighted by Crippen LogP contribution is 2.31. The van der Waals surface area contributed by atoms with Crippen molar-refractivity contribution in [2.24, 2.45) is 17.6 Å². The van der Waals surface area contributed by atoms with E-state index >= 15 is 0 Å². The summed E-state index contributed by atoms with van der Waals surface area (Å²) in [4.78, 5) is 26.2. The summed E-state index contributed by atoms with van der Waals surface area (Å²) in [6.07, 6.45) is 4.37. The molecule has 0 aromatic rings. The van der Waals surface area contributed by atoms with Crippen LogP contribution < -0.4 is 11.1 Å². The zero-order valence-electron chi connectivity index (χ0n) is 11.9. The normalized spacial score (nSPS) is 35.2. The fourth-order valence-corrected chi connectivity index (χ4v) is 3.56. The van der Waals surface area contributed by atoms with Crippen molar-refractivity contribution < 1.29 is 9.59 Å². The van der Waals surface area contributed by atoms with Crippen LogP contribution >= 0.6 is 0 Å². The molecule has 4 atom stereocenters. The molecule has 0 radical (unpaired) electrons. The number of likely N-dealkylation sites (tertiary alicyclic amines) is 1. The Morgan fingerprint density at radius 2 is 2.00 bits per heavy atom. The van der Waals surface area contributed by atoms with E-state index in [2.05, 4.69) is 12.2 Å². The number of hydrogen-bond donors (Lipinski definition) is 2. The number of nitrogens with zero attached hydrogens (tertiary/aromatic N) is 1. The monoisotopic (exact) mass is 267 g/mol. The lowest BCUT2D eigenvalue weighted by Gasteiger charge is -2.34. The zero-order chi connectivity index (χ0) is 14.0. The van der Waals surface area contributed by atoms with Crippen LogP contribution in [0.25, 0.3) is 0 Å². The molecule has 2 fully saturated rings. The number of hydrogen-bond acceptors (Lipinski definition) is 3. The van der Waals surface area contributed by atoms with Gasteiger partial charge in [0.05, 0.1) is 0 Å². The van der Waals surface area contributed by atoms with Crippen molar-refractivity contribution in [3.05, 3.63) is 0 Å². The summed E-state index contributed by atoms with van der Waals surface area (Å²) in [7, 11) is 1.63. The van der Waals surface area contributed by atoms with Gasteiger partial charge in [0.2, 0.25) is 11.8 Å². The Kier molecular flexibility index (Phi) is 4.45. The molecule has 0 aromatic carbocycles. The molecule has 4 unspecified atom stereocenters. The third-order valence-electron chi connectivity index (χ3n) is 4.41. The number of amides is 2. The molecule has 5 heteroatoms. The van der Waals surface area contributed by atoms with E-state index in [4.69, 9.17) is 5.73 Å². The SMILES string of the molecule is CNC(=O)C1CCCN1C(=O)C1CC(C)CC(N)C1. The summed E-state index contributed by atoms with van der Waals surface area (Å²) >= 11 is 0. The maximum Gasteiger partial charge on any atom is 0.242 e. The minimum Gasteiger partial charge on any atom is -0.357 e. The van der Waals surface area contributed by atoms with Gasteiger partial charge < -0.3 is 16.0 Å². The largest absolute Gasteiger partial charge is 0.357 e. The molecular formula is C14H25N3O2. The zero-order valence-corrected chi connectivity index (χ0v) is 11.9. The Morgan fingerprint density at radius 3 is 2.63 bits per heavy atom. The van der Waals surface area contributed by atoms with Crippen molar-refractivity contribution in [1.82, 2.24) is 10.2 Å². The maximum absolute atomic E-state index is 12.6. The van der Waals surface area contributed by atoms with Crippen LogP contribution in [0.2, 0.25) is 0 Å². The highest BCUT2D eigenvalue weighted by molar-refractivity contribution is 5.89. The first kappa shape index (κ1) is 14.3. The molecule has 2 amide bonds. The molecule has 1 aliphatic carbocycles. The molecule has 3 N–H and O–H groups in total. The van der Waals surface area contributed by atoms with Crippen LogP contribution in [0.3, 0.4) is 0 Å². The summed E-state index contributed by atoms with van der Waals surface area (Å²) in [5.74, 6) is 0.592. The Labute approximate surface area is 114 Å². The minimum absolute atomic E-state index is 0.00371. The Morgan fingerprint density at radius 1 is 1.26 bits per heavy atom. The predicted octanol–water partition coefficient (Wildman–Crippen LogP) is 0.487. The lowest BCUT2D eigenvalue weighted by atomic mass is 9.79. The molecular weight excluding hydrogens is 242 g/mol. The molecule has 1 saturated heterocycles. The van der Waals surface area contributed by atoms with E-state index in [0.717, 1.165) is 32.1 Å². The van der Waals surface area contributed by atoms with Crippen LogP contribution in [0.1, 0.15) is 39.0 Å². The molecule has 108 valence electrons.